The van der Waals surface area contributed by atoms with E-state index < -0.39 is 0 Å². The van der Waals surface area contributed by atoms with Crippen LogP contribution in [-0.4, -0.2) is 79.0 Å². The van der Waals surface area contributed by atoms with Gasteiger partial charge in [-0.2, -0.15) is 0 Å². The second kappa shape index (κ2) is 10.3. The van der Waals surface area contributed by atoms with Crippen molar-refractivity contribution in [1.29, 1.82) is 0 Å². The predicted molar refractivity (Wildman–Crippen MR) is 126 cm³/mol. The molecule has 3 heterocycles. The standard InChI is InChI=1S/C23H32N6O2/c1-5-29(19-9-12-28(16-19)22(30)7-6-11-27(3)4)20-13-18(15-26-23(20)31)17-8-10-25-21(14-17)24-2/h6-8,10,13-15,19H,5,9,11-12,16H2,1-4H3,(H,24,25)(H,26,31)/b7-6+. The summed E-state index contributed by atoms with van der Waals surface area (Å²) in [4.78, 5) is 38.3. The van der Waals surface area contributed by atoms with Crippen LogP contribution >= 0.6 is 0 Å². The van der Waals surface area contributed by atoms with Crippen molar-refractivity contribution in [3.63, 3.8) is 0 Å². The van der Waals surface area contributed by atoms with Crippen LogP contribution in [0.3, 0.4) is 0 Å². The normalized spacial score (nSPS) is 16.3. The summed E-state index contributed by atoms with van der Waals surface area (Å²) in [7, 11) is 5.76. The largest absolute Gasteiger partial charge is 0.373 e. The minimum absolute atomic E-state index is 0.0273. The molecule has 1 atom stereocenters. The maximum atomic E-state index is 12.7. The summed E-state index contributed by atoms with van der Waals surface area (Å²) < 4.78 is 0. The third kappa shape index (κ3) is 5.52. The van der Waals surface area contributed by atoms with Crippen molar-refractivity contribution in [2.75, 3.05) is 57.5 Å². The molecule has 1 saturated heterocycles. The maximum Gasteiger partial charge on any atom is 0.271 e. The molecule has 8 nitrogen and oxygen atoms in total. The highest BCUT2D eigenvalue weighted by Crippen LogP contribution is 2.26. The molecule has 1 aliphatic rings. The van der Waals surface area contributed by atoms with Gasteiger partial charge < -0.3 is 25.0 Å². The van der Waals surface area contributed by atoms with Crippen LogP contribution in [0.1, 0.15) is 13.3 Å². The Bertz CT molecular complexity index is 984. The first-order chi connectivity index (χ1) is 14.9. The third-order valence-corrected chi connectivity index (χ3v) is 5.53. The van der Waals surface area contributed by atoms with Gasteiger partial charge in [0.15, 0.2) is 0 Å². The van der Waals surface area contributed by atoms with E-state index in [0.717, 1.165) is 29.9 Å². The minimum atomic E-state index is -0.121. The molecule has 1 unspecified atom stereocenters. The first-order valence-corrected chi connectivity index (χ1v) is 10.7. The van der Waals surface area contributed by atoms with Crippen LogP contribution in [0.15, 0.2) is 47.5 Å². The van der Waals surface area contributed by atoms with Gasteiger partial charge in [0.1, 0.15) is 11.5 Å². The van der Waals surface area contributed by atoms with Gasteiger partial charge in [-0.15, -0.1) is 0 Å². The van der Waals surface area contributed by atoms with Crippen LogP contribution in [0.2, 0.25) is 0 Å². The first kappa shape index (κ1) is 22.6. The lowest BCUT2D eigenvalue weighted by Gasteiger charge is -2.29. The van der Waals surface area contributed by atoms with Gasteiger partial charge in [0.25, 0.3) is 5.56 Å². The zero-order valence-electron chi connectivity index (χ0n) is 18.8. The molecule has 3 rings (SSSR count). The minimum Gasteiger partial charge on any atom is -0.373 e. The van der Waals surface area contributed by atoms with Gasteiger partial charge in [0.2, 0.25) is 5.91 Å². The Labute approximate surface area is 183 Å². The molecule has 1 aliphatic heterocycles. The molecule has 2 aromatic rings. The van der Waals surface area contributed by atoms with E-state index in [-0.39, 0.29) is 17.5 Å². The molecule has 0 radical (unpaired) electrons. The highest BCUT2D eigenvalue weighted by Gasteiger charge is 2.30. The molecule has 0 saturated carbocycles. The number of likely N-dealkylation sites (N-methyl/N-ethyl adjacent to an activating group) is 2. The third-order valence-electron chi connectivity index (χ3n) is 5.53. The van der Waals surface area contributed by atoms with Crippen LogP contribution in [0.5, 0.6) is 0 Å². The number of carbonyl (C=O) groups is 1. The Morgan fingerprint density at radius 1 is 1.35 bits per heavy atom. The fourth-order valence-corrected chi connectivity index (χ4v) is 3.89. The van der Waals surface area contributed by atoms with Crippen molar-refractivity contribution < 1.29 is 4.79 Å². The van der Waals surface area contributed by atoms with Gasteiger partial charge in [-0.25, -0.2) is 4.98 Å². The van der Waals surface area contributed by atoms with Gasteiger partial charge in [-0.1, -0.05) is 6.08 Å². The lowest BCUT2D eigenvalue weighted by atomic mass is 10.1. The van der Waals surface area contributed by atoms with E-state index in [9.17, 15) is 9.59 Å². The van der Waals surface area contributed by atoms with E-state index >= 15 is 0 Å². The molecule has 8 heteroatoms. The highest BCUT2D eigenvalue weighted by molar-refractivity contribution is 5.88. The molecule has 0 aliphatic carbocycles. The van der Waals surface area contributed by atoms with Gasteiger partial charge in [0.05, 0.1) is 0 Å². The Hall–Kier alpha value is -3.13. The topological polar surface area (TPSA) is 84.6 Å². The van der Waals surface area contributed by atoms with Crippen LogP contribution in [-0.2, 0) is 4.79 Å². The Morgan fingerprint density at radius 3 is 2.87 bits per heavy atom. The molecule has 166 valence electrons. The van der Waals surface area contributed by atoms with Crippen molar-refractivity contribution in [2.45, 2.75) is 19.4 Å². The molecular weight excluding hydrogens is 392 g/mol. The van der Waals surface area contributed by atoms with Gasteiger partial charge in [-0.05, 0) is 51.2 Å². The second-order valence-corrected chi connectivity index (χ2v) is 7.96. The molecule has 2 aromatic heterocycles. The number of anilines is 2. The molecule has 1 fully saturated rings. The van der Waals surface area contributed by atoms with Crippen molar-refractivity contribution in [3.8, 4) is 11.1 Å². The number of pyridine rings is 2. The number of aromatic nitrogens is 2. The van der Waals surface area contributed by atoms with E-state index in [4.69, 9.17) is 0 Å². The summed E-state index contributed by atoms with van der Waals surface area (Å²) in [6.07, 6.45) is 7.84. The zero-order valence-corrected chi connectivity index (χ0v) is 18.8. The molecule has 1 amide bonds. The molecular formula is C23H32N6O2. The number of H-pyrrole nitrogens is 1. The van der Waals surface area contributed by atoms with Crippen molar-refractivity contribution in [3.05, 3.63) is 53.1 Å². The smallest absolute Gasteiger partial charge is 0.271 e. The average Bonchev–Trinajstić information content (AvgIpc) is 3.25. The lowest BCUT2D eigenvalue weighted by Crippen LogP contribution is -2.41. The number of carbonyl (C=O) groups excluding carboxylic acids is 1. The number of amides is 1. The number of nitrogens with one attached hydrogen (secondary N) is 2. The van der Waals surface area contributed by atoms with E-state index in [1.54, 1.807) is 18.5 Å². The number of nitrogens with zero attached hydrogens (tertiary/aromatic N) is 4. The Morgan fingerprint density at radius 2 is 2.16 bits per heavy atom. The van der Waals surface area contributed by atoms with Crippen LogP contribution < -0.4 is 15.8 Å². The SMILES string of the molecule is CCN(c1cc(-c2ccnc(NC)c2)c[nH]c1=O)C1CCN(C(=O)/C=C/CN(C)C)C1. The van der Waals surface area contributed by atoms with Gasteiger partial charge in [0, 0.05) is 63.3 Å². The van der Waals surface area contributed by atoms with Crippen LogP contribution in [0.25, 0.3) is 11.1 Å². The molecule has 0 bridgehead atoms. The summed E-state index contributed by atoms with van der Waals surface area (Å²) >= 11 is 0. The summed E-state index contributed by atoms with van der Waals surface area (Å²) in [5, 5.41) is 3.04. The summed E-state index contributed by atoms with van der Waals surface area (Å²) in [6, 6.07) is 5.91. The van der Waals surface area contributed by atoms with E-state index in [1.165, 1.54) is 0 Å². The summed E-state index contributed by atoms with van der Waals surface area (Å²) in [5.74, 6) is 0.796. The van der Waals surface area contributed by atoms with Crippen molar-refractivity contribution >= 4 is 17.4 Å². The molecule has 0 spiro atoms. The summed E-state index contributed by atoms with van der Waals surface area (Å²) in [6.45, 7) is 4.77. The van der Waals surface area contributed by atoms with E-state index in [2.05, 4.69) is 20.2 Å². The fourth-order valence-electron chi connectivity index (χ4n) is 3.89. The average molecular weight is 425 g/mol. The van der Waals surface area contributed by atoms with Crippen molar-refractivity contribution in [1.82, 2.24) is 19.8 Å². The zero-order chi connectivity index (χ0) is 22.4. The molecule has 31 heavy (non-hydrogen) atoms. The maximum absolute atomic E-state index is 12.7. The van der Waals surface area contributed by atoms with E-state index in [1.807, 2.05) is 62.1 Å². The monoisotopic (exact) mass is 424 g/mol. The number of aromatic amines is 1. The predicted octanol–water partition coefficient (Wildman–Crippen LogP) is 2.02. The van der Waals surface area contributed by atoms with Crippen LogP contribution in [0.4, 0.5) is 11.5 Å². The number of hydrogen-bond acceptors (Lipinski definition) is 6. The fraction of sp³-hybridized carbons (Fsp3) is 0.435. The quantitative estimate of drug-likeness (QED) is 0.631. The van der Waals surface area contributed by atoms with E-state index in [0.29, 0.717) is 25.3 Å². The van der Waals surface area contributed by atoms with Crippen molar-refractivity contribution in [2.24, 2.45) is 0 Å². The van der Waals surface area contributed by atoms with Gasteiger partial charge in [-0.3, -0.25) is 9.59 Å². The Kier molecular flexibility index (Phi) is 7.46. The lowest BCUT2D eigenvalue weighted by molar-refractivity contribution is -0.125. The number of likely N-dealkylation sites (tertiary alicyclic amines) is 1. The summed E-state index contributed by atoms with van der Waals surface area (Å²) in [5.41, 5.74) is 2.40. The van der Waals surface area contributed by atoms with Crippen LogP contribution in [0, 0.1) is 0 Å². The molecule has 0 aromatic carbocycles. The Balaban J connectivity index is 1.79. The number of rotatable bonds is 8. The highest BCUT2D eigenvalue weighted by atomic mass is 16.2. The first-order valence-electron chi connectivity index (χ1n) is 10.7. The van der Waals surface area contributed by atoms with Gasteiger partial charge >= 0.3 is 0 Å². The second-order valence-electron chi connectivity index (χ2n) is 7.96. The number of hydrogen-bond donors (Lipinski definition) is 2. The molecule has 2 N–H and O–H groups in total.